The Hall–Kier alpha value is -1.26. The molecule has 2 rings (SSSR count). The summed E-state index contributed by atoms with van der Waals surface area (Å²) < 4.78 is 0. The molecule has 1 fully saturated rings. The lowest BCUT2D eigenvalue weighted by atomic mass is 9.85. The summed E-state index contributed by atoms with van der Waals surface area (Å²) in [7, 11) is 2.13. The number of rotatable bonds is 7. The van der Waals surface area contributed by atoms with Crippen molar-refractivity contribution in [3.8, 4) is 0 Å². The molecule has 21 heavy (non-hydrogen) atoms. The van der Waals surface area contributed by atoms with Gasteiger partial charge in [-0.15, -0.1) is 0 Å². The van der Waals surface area contributed by atoms with E-state index in [0.717, 1.165) is 25.4 Å². The van der Waals surface area contributed by atoms with Crippen LogP contribution in [0.1, 0.15) is 32.1 Å². The molecule has 0 saturated heterocycles. The molecule has 1 aromatic carbocycles. The van der Waals surface area contributed by atoms with Crippen LogP contribution in [0, 0.1) is 5.92 Å². The number of nitrogens with zero attached hydrogens (tertiary/aromatic N) is 1. The molecule has 0 spiro atoms. The summed E-state index contributed by atoms with van der Waals surface area (Å²) in [6.07, 6.45) is 5.47. The summed E-state index contributed by atoms with van der Waals surface area (Å²) >= 11 is 6.03. The lowest BCUT2D eigenvalue weighted by Crippen LogP contribution is -2.30. The Kier molecular flexibility index (Phi) is 5.88. The molecule has 0 bridgehead atoms. The van der Waals surface area contributed by atoms with Gasteiger partial charge in [-0.1, -0.05) is 18.0 Å². The number of carbonyl (C=O) groups excluding carboxylic acids is 1. The third-order valence-electron chi connectivity index (χ3n) is 4.01. The van der Waals surface area contributed by atoms with Gasteiger partial charge in [-0.25, -0.2) is 0 Å². The van der Waals surface area contributed by atoms with E-state index in [-0.39, 0.29) is 5.91 Å². The van der Waals surface area contributed by atoms with Crippen LogP contribution in [0.25, 0.3) is 0 Å². The molecule has 3 N–H and O–H groups in total. The van der Waals surface area contributed by atoms with Gasteiger partial charge in [-0.2, -0.15) is 0 Å². The van der Waals surface area contributed by atoms with Crippen LogP contribution >= 0.6 is 11.6 Å². The van der Waals surface area contributed by atoms with E-state index >= 15 is 0 Å². The Morgan fingerprint density at radius 2 is 2.24 bits per heavy atom. The molecule has 5 heteroatoms. The molecule has 0 aliphatic heterocycles. The number of amides is 1. The average Bonchev–Trinajstić information content (AvgIpc) is 2.37. The first-order valence-electron chi connectivity index (χ1n) is 7.58. The molecular formula is C16H24ClN3O. The van der Waals surface area contributed by atoms with Crippen molar-refractivity contribution in [3.05, 3.63) is 23.2 Å². The quantitative estimate of drug-likeness (QED) is 0.759. The predicted molar refractivity (Wildman–Crippen MR) is 88.6 cm³/mol. The number of nitrogens with two attached hydrogens (primary N) is 1. The minimum absolute atomic E-state index is 0.00119. The Morgan fingerprint density at radius 1 is 1.48 bits per heavy atom. The fourth-order valence-electron chi connectivity index (χ4n) is 2.56. The van der Waals surface area contributed by atoms with Crippen molar-refractivity contribution in [2.75, 3.05) is 31.2 Å². The SMILES string of the molecule is CN(CCCC(=O)Nc1ccc(N)cc1Cl)CC1CCC1. The first kappa shape index (κ1) is 16.1. The number of nitrogens with one attached hydrogen (secondary N) is 1. The molecule has 116 valence electrons. The van der Waals surface area contributed by atoms with Crippen LogP contribution in [0.2, 0.25) is 5.02 Å². The van der Waals surface area contributed by atoms with E-state index in [1.807, 2.05) is 0 Å². The normalized spacial score (nSPS) is 15.0. The van der Waals surface area contributed by atoms with Crippen LogP contribution in [0.5, 0.6) is 0 Å². The molecule has 0 unspecified atom stereocenters. The topological polar surface area (TPSA) is 58.4 Å². The molecule has 0 aromatic heterocycles. The van der Waals surface area contributed by atoms with Crippen molar-refractivity contribution in [2.45, 2.75) is 32.1 Å². The van der Waals surface area contributed by atoms with Crippen molar-refractivity contribution in [1.82, 2.24) is 4.90 Å². The van der Waals surface area contributed by atoms with E-state index in [2.05, 4.69) is 17.3 Å². The van der Waals surface area contributed by atoms with Crippen molar-refractivity contribution in [2.24, 2.45) is 5.92 Å². The summed E-state index contributed by atoms with van der Waals surface area (Å²) in [6, 6.07) is 5.11. The van der Waals surface area contributed by atoms with Crippen molar-refractivity contribution in [1.29, 1.82) is 0 Å². The minimum atomic E-state index is -0.00119. The highest BCUT2D eigenvalue weighted by molar-refractivity contribution is 6.34. The smallest absolute Gasteiger partial charge is 0.224 e. The van der Waals surface area contributed by atoms with Crippen LogP contribution in [-0.4, -0.2) is 30.9 Å². The molecule has 0 radical (unpaired) electrons. The van der Waals surface area contributed by atoms with E-state index in [4.69, 9.17) is 17.3 Å². The fourth-order valence-corrected chi connectivity index (χ4v) is 2.80. The van der Waals surface area contributed by atoms with Gasteiger partial charge in [-0.3, -0.25) is 4.79 Å². The molecule has 1 aliphatic rings. The number of halogens is 1. The lowest BCUT2D eigenvalue weighted by Gasteiger charge is -2.30. The van der Waals surface area contributed by atoms with Gasteiger partial charge in [-0.05, 0) is 57.0 Å². The van der Waals surface area contributed by atoms with Crippen LogP contribution < -0.4 is 11.1 Å². The second-order valence-electron chi connectivity index (χ2n) is 5.95. The first-order valence-corrected chi connectivity index (χ1v) is 7.96. The van der Waals surface area contributed by atoms with E-state index in [0.29, 0.717) is 22.8 Å². The largest absolute Gasteiger partial charge is 0.399 e. The monoisotopic (exact) mass is 309 g/mol. The molecular weight excluding hydrogens is 286 g/mol. The fraction of sp³-hybridized carbons (Fsp3) is 0.562. The van der Waals surface area contributed by atoms with Crippen LogP contribution in [0.15, 0.2) is 18.2 Å². The Morgan fingerprint density at radius 3 is 2.86 bits per heavy atom. The second kappa shape index (κ2) is 7.66. The highest BCUT2D eigenvalue weighted by atomic mass is 35.5. The van der Waals surface area contributed by atoms with Gasteiger partial charge >= 0.3 is 0 Å². The van der Waals surface area contributed by atoms with Gasteiger partial charge in [0.05, 0.1) is 10.7 Å². The number of anilines is 2. The Labute approximate surface area is 131 Å². The molecule has 1 aliphatic carbocycles. The second-order valence-corrected chi connectivity index (χ2v) is 6.36. The van der Waals surface area contributed by atoms with E-state index < -0.39 is 0 Å². The van der Waals surface area contributed by atoms with Crippen LogP contribution in [-0.2, 0) is 4.79 Å². The molecule has 0 atom stereocenters. The van der Waals surface area contributed by atoms with Crippen molar-refractivity contribution >= 4 is 28.9 Å². The number of hydrogen-bond donors (Lipinski definition) is 2. The zero-order valence-electron chi connectivity index (χ0n) is 12.6. The number of benzene rings is 1. The van der Waals surface area contributed by atoms with Gasteiger partial charge in [0.15, 0.2) is 0 Å². The number of hydrogen-bond acceptors (Lipinski definition) is 3. The molecule has 1 amide bonds. The molecule has 1 saturated carbocycles. The van der Waals surface area contributed by atoms with E-state index in [1.54, 1.807) is 18.2 Å². The summed E-state index contributed by atoms with van der Waals surface area (Å²) in [6.45, 7) is 2.12. The standard InChI is InChI=1S/C16H24ClN3O/c1-20(11-12-4-2-5-12)9-3-6-16(21)19-15-8-7-13(18)10-14(15)17/h7-8,10,12H,2-6,9,11,18H2,1H3,(H,19,21). The maximum Gasteiger partial charge on any atom is 0.224 e. The van der Waals surface area contributed by atoms with Crippen LogP contribution in [0.3, 0.4) is 0 Å². The first-order chi connectivity index (χ1) is 10.0. The van der Waals surface area contributed by atoms with Gasteiger partial charge in [0.25, 0.3) is 0 Å². The maximum absolute atomic E-state index is 11.9. The van der Waals surface area contributed by atoms with Gasteiger partial charge in [0.1, 0.15) is 0 Å². The third-order valence-corrected chi connectivity index (χ3v) is 4.32. The predicted octanol–water partition coefficient (Wildman–Crippen LogP) is 3.37. The lowest BCUT2D eigenvalue weighted by molar-refractivity contribution is -0.116. The third kappa shape index (κ3) is 5.21. The van der Waals surface area contributed by atoms with Gasteiger partial charge in [0.2, 0.25) is 5.91 Å². The summed E-state index contributed by atoms with van der Waals surface area (Å²) in [5.41, 5.74) is 6.84. The minimum Gasteiger partial charge on any atom is -0.399 e. The molecule has 0 heterocycles. The number of carbonyl (C=O) groups is 1. The van der Waals surface area contributed by atoms with Crippen LogP contribution in [0.4, 0.5) is 11.4 Å². The maximum atomic E-state index is 11.9. The zero-order valence-corrected chi connectivity index (χ0v) is 13.3. The Bertz CT molecular complexity index is 488. The summed E-state index contributed by atoms with van der Waals surface area (Å²) in [4.78, 5) is 14.2. The molecule has 1 aromatic rings. The average molecular weight is 310 g/mol. The zero-order chi connectivity index (χ0) is 15.2. The summed E-state index contributed by atoms with van der Waals surface area (Å²) in [5, 5.41) is 3.31. The number of nitrogen functional groups attached to an aromatic ring is 1. The van der Waals surface area contributed by atoms with E-state index in [1.165, 1.54) is 19.3 Å². The van der Waals surface area contributed by atoms with Gasteiger partial charge < -0.3 is 16.0 Å². The highest BCUT2D eigenvalue weighted by Crippen LogP contribution is 2.27. The summed E-state index contributed by atoms with van der Waals surface area (Å²) in [5.74, 6) is 0.871. The Balaban J connectivity index is 1.67. The van der Waals surface area contributed by atoms with Gasteiger partial charge in [0, 0.05) is 18.7 Å². The van der Waals surface area contributed by atoms with E-state index in [9.17, 15) is 4.79 Å². The van der Waals surface area contributed by atoms with Crippen molar-refractivity contribution < 1.29 is 4.79 Å². The highest BCUT2D eigenvalue weighted by Gasteiger charge is 2.18. The molecule has 4 nitrogen and oxygen atoms in total. The van der Waals surface area contributed by atoms with Crippen molar-refractivity contribution in [3.63, 3.8) is 0 Å².